The number of rotatable bonds is 4. The first kappa shape index (κ1) is 18.7. The van der Waals surface area contributed by atoms with Gasteiger partial charge < -0.3 is 9.80 Å². The number of carbonyl (C=O) groups is 1. The molecule has 1 fully saturated rings. The first-order valence-electron chi connectivity index (χ1n) is 9.72. The highest BCUT2D eigenvalue weighted by atomic mass is 35.5. The van der Waals surface area contributed by atoms with Crippen LogP contribution in [0.2, 0.25) is 5.02 Å². The monoisotopic (exact) mass is 391 g/mol. The summed E-state index contributed by atoms with van der Waals surface area (Å²) in [4.78, 5) is 16.3. The highest BCUT2D eigenvalue weighted by Gasteiger charge is 2.25. The zero-order chi connectivity index (χ0) is 19.3. The highest BCUT2D eigenvalue weighted by molar-refractivity contribution is 6.31. The molecule has 1 aliphatic heterocycles. The lowest BCUT2D eigenvalue weighted by Gasteiger charge is -2.32. The van der Waals surface area contributed by atoms with E-state index >= 15 is 0 Å². The summed E-state index contributed by atoms with van der Waals surface area (Å²) in [6.07, 6.45) is 0. The van der Waals surface area contributed by atoms with Crippen molar-refractivity contribution in [1.82, 2.24) is 4.90 Å². The number of nitrogens with one attached hydrogen (secondary N) is 1. The molecule has 0 bridgehead atoms. The van der Waals surface area contributed by atoms with E-state index in [1.807, 2.05) is 65.6 Å². The second-order valence-electron chi connectivity index (χ2n) is 7.25. The van der Waals surface area contributed by atoms with Gasteiger partial charge in [-0.1, -0.05) is 72.3 Å². The molecule has 28 heavy (non-hydrogen) atoms. The van der Waals surface area contributed by atoms with Gasteiger partial charge in [0, 0.05) is 16.1 Å². The van der Waals surface area contributed by atoms with Crippen LogP contribution in [-0.4, -0.2) is 37.0 Å². The van der Waals surface area contributed by atoms with Gasteiger partial charge in [-0.05, 0) is 29.3 Å². The van der Waals surface area contributed by atoms with Crippen LogP contribution < -0.4 is 4.90 Å². The first-order valence-corrected chi connectivity index (χ1v) is 10.1. The lowest BCUT2D eigenvalue weighted by molar-refractivity contribution is -0.917. The van der Waals surface area contributed by atoms with Crippen LogP contribution in [0.25, 0.3) is 11.1 Å². The standard InChI is InChI=1S/C24H23ClN2O/c25-23-9-5-4-8-22(23)18-26-14-16-27(17-15-26)24(28)21-12-10-20(11-13-21)19-6-2-1-3-7-19/h1-13H,14-18H2/p+1. The smallest absolute Gasteiger partial charge is 0.254 e. The lowest BCUT2D eigenvalue weighted by Crippen LogP contribution is -3.13. The molecule has 0 atom stereocenters. The molecule has 1 amide bonds. The second kappa shape index (κ2) is 8.59. The van der Waals surface area contributed by atoms with E-state index in [1.54, 1.807) is 0 Å². The van der Waals surface area contributed by atoms with Crippen molar-refractivity contribution in [1.29, 1.82) is 0 Å². The Morgan fingerprint density at radius 3 is 2.11 bits per heavy atom. The van der Waals surface area contributed by atoms with Gasteiger partial charge in [-0.3, -0.25) is 4.79 Å². The minimum Gasteiger partial charge on any atom is -0.328 e. The van der Waals surface area contributed by atoms with Gasteiger partial charge in [0.05, 0.1) is 26.2 Å². The van der Waals surface area contributed by atoms with Crippen LogP contribution in [0.5, 0.6) is 0 Å². The molecule has 0 saturated carbocycles. The van der Waals surface area contributed by atoms with Gasteiger partial charge >= 0.3 is 0 Å². The Labute approximate surface area is 171 Å². The van der Waals surface area contributed by atoms with Crippen molar-refractivity contribution in [3.8, 4) is 11.1 Å². The predicted octanol–water partition coefficient (Wildman–Crippen LogP) is 3.55. The fraction of sp³-hybridized carbons (Fsp3) is 0.208. The molecular weight excluding hydrogens is 368 g/mol. The molecule has 1 aliphatic rings. The summed E-state index contributed by atoms with van der Waals surface area (Å²) in [5, 5.41) is 0.826. The molecule has 3 aromatic carbocycles. The topological polar surface area (TPSA) is 24.8 Å². The molecule has 0 radical (unpaired) electrons. The number of hydrogen-bond donors (Lipinski definition) is 1. The van der Waals surface area contributed by atoms with Crippen molar-refractivity contribution in [2.24, 2.45) is 0 Å². The molecule has 1 saturated heterocycles. The molecule has 3 nitrogen and oxygen atoms in total. The van der Waals surface area contributed by atoms with E-state index in [0.717, 1.165) is 48.9 Å². The van der Waals surface area contributed by atoms with Gasteiger partial charge in [0.2, 0.25) is 0 Å². The van der Waals surface area contributed by atoms with Crippen LogP contribution in [0.15, 0.2) is 78.9 Å². The third kappa shape index (κ3) is 4.27. The summed E-state index contributed by atoms with van der Waals surface area (Å²) in [5.74, 6) is 0.122. The molecule has 0 unspecified atom stereocenters. The lowest BCUT2D eigenvalue weighted by atomic mass is 10.0. The Kier molecular flexibility index (Phi) is 5.75. The highest BCUT2D eigenvalue weighted by Crippen LogP contribution is 2.20. The Morgan fingerprint density at radius 2 is 1.43 bits per heavy atom. The number of piperazine rings is 1. The van der Waals surface area contributed by atoms with E-state index in [1.165, 1.54) is 16.0 Å². The maximum atomic E-state index is 12.9. The summed E-state index contributed by atoms with van der Waals surface area (Å²) < 4.78 is 0. The Balaban J connectivity index is 1.35. The van der Waals surface area contributed by atoms with Crippen molar-refractivity contribution < 1.29 is 9.69 Å². The molecule has 142 valence electrons. The molecule has 0 aromatic heterocycles. The fourth-order valence-electron chi connectivity index (χ4n) is 3.73. The number of amides is 1. The number of benzene rings is 3. The van der Waals surface area contributed by atoms with E-state index < -0.39 is 0 Å². The van der Waals surface area contributed by atoms with Crippen LogP contribution in [0.3, 0.4) is 0 Å². The van der Waals surface area contributed by atoms with E-state index in [2.05, 4.69) is 18.2 Å². The van der Waals surface area contributed by atoms with Crippen molar-refractivity contribution >= 4 is 17.5 Å². The number of nitrogens with zero attached hydrogens (tertiary/aromatic N) is 1. The average molecular weight is 392 g/mol. The summed E-state index contributed by atoms with van der Waals surface area (Å²) in [6.45, 7) is 4.35. The minimum atomic E-state index is 0.122. The Bertz CT molecular complexity index is 932. The van der Waals surface area contributed by atoms with Gasteiger partial charge in [0.25, 0.3) is 5.91 Å². The number of quaternary nitrogens is 1. The van der Waals surface area contributed by atoms with Gasteiger partial charge in [-0.15, -0.1) is 0 Å². The molecule has 1 N–H and O–H groups in total. The molecule has 4 heteroatoms. The third-order valence-corrected chi connectivity index (χ3v) is 5.76. The molecular formula is C24H24ClN2O+. The second-order valence-corrected chi connectivity index (χ2v) is 7.66. The number of halogens is 1. The maximum absolute atomic E-state index is 12.9. The van der Waals surface area contributed by atoms with E-state index in [-0.39, 0.29) is 5.91 Å². The van der Waals surface area contributed by atoms with Crippen molar-refractivity contribution in [2.45, 2.75) is 6.54 Å². The summed E-state index contributed by atoms with van der Waals surface area (Å²) >= 11 is 6.28. The fourth-order valence-corrected chi connectivity index (χ4v) is 3.93. The third-order valence-electron chi connectivity index (χ3n) is 5.40. The van der Waals surface area contributed by atoms with E-state index in [9.17, 15) is 4.79 Å². The van der Waals surface area contributed by atoms with Crippen molar-refractivity contribution in [2.75, 3.05) is 26.2 Å². The SMILES string of the molecule is O=C(c1ccc(-c2ccccc2)cc1)N1CC[NH+](Cc2ccccc2Cl)CC1. The quantitative estimate of drug-likeness (QED) is 0.722. The van der Waals surface area contributed by atoms with Crippen LogP contribution >= 0.6 is 11.6 Å². The zero-order valence-corrected chi connectivity index (χ0v) is 16.5. The predicted molar refractivity (Wildman–Crippen MR) is 114 cm³/mol. The summed E-state index contributed by atoms with van der Waals surface area (Å²) in [6, 6.07) is 26.2. The molecule has 1 heterocycles. The van der Waals surface area contributed by atoms with Gasteiger partial charge in [-0.2, -0.15) is 0 Å². The minimum absolute atomic E-state index is 0.122. The normalized spacial score (nSPS) is 14.8. The van der Waals surface area contributed by atoms with Crippen LogP contribution in [0.1, 0.15) is 15.9 Å². The van der Waals surface area contributed by atoms with Gasteiger partial charge in [0.15, 0.2) is 0 Å². The number of carbonyl (C=O) groups excluding carboxylic acids is 1. The molecule has 4 rings (SSSR count). The first-order chi connectivity index (χ1) is 13.7. The number of hydrogen-bond acceptors (Lipinski definition) is 1. The average Bonchev–Trinajstić information content (AvgIpc) is 2.76. The molecule has 0 aliphatic carbocycles. The van der Waals surface area contributed by atoms with Crippen LogP contribution in [0.4, 0.5) is 0 Å². The molecule has 0 spiro atoms. The van der Waals surface area contributed by atoms with E-state index in [0.29, 0.717) is 0 Å². The Morgan fingerprint density at radius 1 is 0.821 bits per heavy atom. The van der Waals surface area contributed by atoms with Crippen LogP contribution in [-0.2, 0) is 6.54 Å². The molecule has 3 aromatic rings. The van der Waals surface area contributed by atoms with Gasteiger partial charge in [0.1, 0.15) is 6.54 Å². The Hall–Kier alpha value is -2.62. The maximum Gasteiger partial charge on any atom is 0.254 e. The zero-order valence-electron chi connectivity index (χ0n) is 15.8. The van der Waals surface area contributed by atoms with Crippen molar-refractivity contribution in [3.05, 3.63) is 95.0 Å². The largest absolute Gasteiger partial charge is 0.328 e. The van der Waals surface area contributed by atoms with Crippen LogP contribution in [0, 0.1) is 0 Å². The van der Waals surface area contributed by atoms with Crippen molar-refractivity contribution in [3.63, 3.8) is 0 Å². The summed E-state index contributed by atoms with van der Waals surface area (Å²) in [7, 11) is 0. The van der Waals surface area contributed by atoms with E-state index in [4.69, 9.17) is 11.6 Å². The van der Waals surface area contributed by atoms with Gasteiger partial charge in [-0.25, -0.2) is 0 Å². The summed E-state index contributed by atoms with van der Waals surface area (Å²) in [5.41, 5.74) is 4.23.